The normalized spacial score (nSPS) is 20.8. The van der Waals surface area contributed by atoms with Gasteiger partial charge in [-0.15, -0.1) is 0 Å². The lowest BCUT2D eigenvalue weighted by Gasteiger charge is -2.41. The number of rotatable bonds is 6. The van der Waals surface area contributed by atoms with Crippen molar-refractivity contribution in [3.8, 4) is 0 Å². The predicted molar refractivity (Wildman–Crippen MR) is 98.5 cm³/mol. The van der Waals surface area contributed by atoms with Crippen LogP contribution in [0, 0.1) is 0 Å². The van der Waals surface area contributed by atoms with Gasteiger partial charge in [0.05, 0.1) is 6.20 Å². The zero-order chi connectivity index (χ0) is 18.9. The molecule has 0 saturated carbocycles. The molecule has 3 amide bonds. The van der Waals surface area contributed by atoms with Gasteiger partial charge in [-0.2, -0.15) is 5.10 Å². The number of carbonyl (C=O) groups is 2. The molecule has 3 rings (SSSR count). The highest BCUT2D eigenvalue weighted by Crippen LogP contribution is 2.37. The number of aromatic nitrogens is 2. The number of imide groups is 1. The van der Waals surface area contributed by atoms with Gasteiger partial charge in [-0.05, 0) is 33.9 Å². The Bertz CT molecular complexity index is 662. The Labute approximate surface area is 155 Å². The molecule has 1 aromatic heterocycles. The maximum atomic E-state index is 13.2. The number of carbonyl (C=O) groups excluding carboxylic acids is 2. The van der Waals surface area contributed by atoms with Crippen molar-refractivity contribution in [1.29, 1.82) is 0 Å². The molecule has 0 aliphatic carbocycles. The van der Waals surface area contributed by atoms with Gasteiger partial charge in [0.15, 0.2) is 0 Å². The number of urea groups is 1. The maximum Gasteiger partial charge on any atom is 0.327 e. The number of hydrogen-bond acceptors (Lipinski definition) is 5. The molecule has 0 N–H and O–H groups in total. The van der Waals surface area contributed by atoms with Crippen molar-refractivity contribution in [2.24, 2.45) is 7.05 Å². The second-order valence-corrected chi connectivity index (χ2v) is 7.62. The molecule has 0 atom stereocenters. The molecular weight excluding hydrogens is 332 g/mol. The van der Waals surface area contributed by atoms with E-state index < -0.39 is 5.54 Å². The van der Waals surface area contributed by atoms with Crippen molar-refractivity contribution >= 4 is 11.9 Å². The Morgan fingerprint density at radius 3 is 2.46 bits per heavy atom. The minimum Gasteiger partial charge on any atom is -0.310 e. The molecule has 8 nitrogen and oxygen atoms in total. The van der Waals surface area contributed by atoms with Crippen LogP contribution in [0.4, 0.5) is 4.79 Å². The fraction of sp³-hybridized carbons (Fsp3) is 0.722. The van der Waals surface area contributed by atoms with Gasteiger partial charge in [-0.25, -0.2) is 4.79 Å². The third-order valence-electron chi connectivity index (χ3n) is 5.56. The van der Waals surface area contributed by atoms with Gasteiger partial charge in [0.25, 0.3) is 5.91 Å². The van der Waals surface area contributed by atoms with Crippen molar-refractivity contribution in [3.63, 3.8) is 0 Å². The zero-order valence-corrected chi connectivity index (χ0v) is 16.3. The summed E-state index contributed by atoms with van der Waals surface area (Å²) in [6.07, 6.45) is 5.31. The van der Waals surface area contributed by atoms with Gasteiger partial charge in [0, 0.05) is 58.1 Å². The second kappa shape index (κ2) is 7.36. The van der Waals surface area contributed by atoms with Crippen LogP contribution in [0.3, 0.4) is 0 Å². The molecule has 8 heteroatoms. The number of likely N-dealkylation sites (N-methyl/N-ethyl adjacent to an activating group) is 2. The summed E-state index contributed by atoms with van der Waals surface area (Å²) in [5, 5.41) is 4.22. The van der Waals surface area contributed by atoms with E-state index in [4.69, 9.17) is 0 Å². The average Bonchev–Trinajstić information content (AvgIpc) is 3.08. The highest BCUT2D eigenvalue weighted by atomic mass is 16.2. The number of amides is 3. The molecule has 144 valence electrons. The molecule has 26 heavy (non-hydrogen) atoms. The SMILES string of the molecule is CCN1C(=O)N(CCN(C)C)C(=O)C12CCN(Cc1cnn(C)c1)CC2. The molecule has 0 bridgehead atoms. The smallest absolute Gasteiger partial charge is 0.310 e. The summed E-state index contributed by atoms with van der Waals surface area (Å²) < 4.78 is 1.81. The monoisotopic (exact) mass is 362 g/mol. The van der Waals surface area contributed by atoms with Crippen LogP contribution in [0.5, 0.6) is 0 Å². The van der Waals surface area contributed by atoms with E-state index >= 15 is 0 Å². The van der Waals surface area contributed by atoms with E-state index in [1.165, 1.54) is 10.5 Å². The van der Waals surface area contributed by atoms with Crippen LogP contribution >= 0.6 is 0 Å². The maximum absolute atomic E-state index is 13.2. The standard InChI is InChI=1S/C18H30N6O2/c1-5-24-17(26)23(11-10-20(2)3)16(25)18(24)6-8-22(9-7-18)14-15-12-19-21(4)13-15/h12-13H,5-11,14H2,1-4H3. The fourth-order valence-electron chi connectivity index (χ4n) is 4.09. The van der Waals surface area contributed by atoms with Crippen molar-refractivity contribution in [2.45, 2.75) is 31.8 Å². The van der Waals surface area contributed by atoms with Gasteiger partial charge in [-0.3, -0.25) is 19.3 Å². The van der Waals surface area contributed by atoms with Crippen LogP contribution in [0.25, 0.3) is 0 Å². The molecule has 2 saturated heterocycles. The topological polar surface area (TPSA) is 64.9 Å². The Morgan fingerprint density at radius 1 is 1.23 bits per heavy atom. The first-order valence-corrected chi connectivity index (χ1v) is 9.35. The van der Waals surface area contributed by atoms with E-state index in [2.05, 4.69) is 10.00 Å². The van der Waals surface area contributed by atoms with Crippen molar-refractivity contribution in [3.05, 3.63) is 18.0 Å². The summed E-state index contributed by atoms with van der Waals surface area (Å²) in [6, 6.07) is -0.125. The molecule has 2 fully saturated rings. The van der Waals surface area contributed by atoms with Crippen LogP contribution in [-0.4, -0.2) is 93.7 Å². The highest BCUT2D eigenvalue weighted by Gasteiger charge is 2.57. The summed E-state index contributed by atoms with van der Waals surface area (Å²) in [6.45, 7) is 6.15. The minimum atomic E-state index is -0.649. The second-order valence-electron chi connectivity index (χ2n) is 7.62. The Hall–Kier alpha value is -1.93. The summed E-state index contributed by atoms with van der Waals surface area (Å²) >= 11 is 0. The van der Waals surface area contributed by atoms with Crippen LogP contribution in [0.15, 0.2) is 12.4 Å². The third kappa shape index (κ3) is 3.35. The number of likely N-dealkylation sites (tertiary alicyclic amines) is 1. The largest absolute Gasteiger partial charge is 0.327 e. The molecule has 1 aromatic rings. The summed E-state index contributed by atoms with van der Waals surface area (Å²) in [4.78, 5) is 33.6. The van der Waals surface area contributed by atoms with Crippen LogP contribution in [-0.2, 0) is 18.4 Å². The lowest BCUT2D eigenvalue weighted by Crippen LogP contribution is -2.56. The van der Waals surface area contributed by atoms with Crippen molar-refractivity contribution < 1.29 is 9.59 Å². The van der Waals surface area contributed by atoms with Gasteiger partial charge in [-0.1, -0.05) is 0 Å². The minimum absolute atomic E-state index is 0.00720. The molecule has 0 radical (unpaired) electrons. The van der Waals surface area contributed by atoms with E-state index in [0.29, 0.717) is 32.5 Å². The molecule has 1 spiro atoms. The lowest BCUT2D eigenvalue weighted by molar-refractivity contribution is -0.135. The third-order valence-corrected chi connectivity index (χ3v) is 5.56. The molecule has 3 heterocycles. The first kappa shape index (κ1) is 18.8. The van der Waals surface area contributed by atoms with E-state index in [1.807, 2.05) is 45.4 Å². The van der Waals surface area contributed by atoms with E-state index in [-0.39, 0.29) is 11.9 Å². The molecular formula is C18H30N6O2. The molecule has 2 aliphatic rings. The lowest BCUT2D eigenvalue weighted by atomic mass is 9.85. The van der Waals surface area contributed by atoms with E-state index in [9.17, 15) is 9.59 Å². The van der Waals surface area contributed by atoms with Crippen LogP contribution in [0.2, 0.25) is 0 Å². The average molecular weight is 362 g/mol. The van der Waals surface area contributed by atoms with Crippen molar-refractivity contribution in [1.82, 2.24) is 29.4 Å². The summed E-state index contributed by atoms with van der Waals surface area (Å²) in [5.41, 5.74) is 0.529. The number of nitrogens with zero attached hydrogens (tertiary/aromatic N) is 6. The molecule has 0 aromatic carbocycles. The zero-order valence-electron chi connectivity index (χ0n) is 16.3. The first-order chi connectivity index (χ1) is 12.4. The van der Waals surface area contributed by atoms with Gasteiger partial charge < -0.3 is 9.80 Å². The highest BCUT2D eigenvalue weighted by molar-refractivity contribution is 6.07. The Kier molecular flexibility index (Phi) is 5.34. The Balaban J connectivity index is 1.68. The number of aryl methyl sites for hydroxylation is 1. The molecule has 0 unspecified atom stereocenters. The van der Waals surface area contributed by atoms with Gasteiger partial charge in [0.1, 0.15) is 5.54 Å². The predicted octanol–water partition coefficient (Wildman–Crippen LogP) is 0.600. The van der Waals surface area contributed by atoms with Crippen molar-refractivity contribution in [2.75, 3.05) is 46.8 Å². The van der Waals surface area contributed by atoms with Gasteiger partial charge >= 0.3 is 6.03 Å². The number of hydrogen-bond donors (Lipinski definition) is 0. The van der Waals surface area contributed by atoms with E-state index in [0.717, 1.165) is 19.6 Å². The van der Waals surface area contributed by atoms with Gasteiger partial charge in [0.2, 0.25) is 0 Å². The fourth-order valence-corrected chi connectivity index (χ4v) is 4.09. The molecule has 2 aliphatic heterocycles. The van der Waals surface area contributed by atoms with Crippen LogP contribution in [0.1, 0.15) is 25.3 Å². The summed E-state index contributed by atoms with van der Waals surface area (Å²) in [5.74, 6) is -0.00720. The number of piperidine rings is 1. The summed E-state index contributed by atoms with van der Waals surface area (Å²) in [7, 11) is 5.82. The first-order valence-electron chi connectivity index (χ1n) is 9.35. The Morgan fingerprint density at radius 2 is 1.92 bits per heavy atom. The quantitative estimate of drug-likeness (QED) is 0.694. The van der Waals surface area contributed by atoms with E-state index in [1.54, 1.807) is 9.58 Å². The van der Waals surface area contributed by atoms with Crippen LogP contribution < -0.4 is 0 Å².